The number of carboxylic acid groups (broad SMARTS) is 1. The summed E-state index contributed by atoms with van der Waals surface area (Å²) < 4.78 is 19.7. The lowest BCUT2D eigenvalue weighted by molar-refractivity contribution is -0.150. The number of carboxylic acids is 1. The van der Waals surface area contributed by atoms with Crippen LogP contribution >= 0.6 is 0 Å². The van der Waals surface area contributed by atoms with Crippen LogP contribution in [0, 0.1) is 6.92 Å². The maximum atomic E-state index is 14.0. The van der Waals surface area contributed by atoms with E-state index >= 15 is 0 Å². The molecule has 2 heterocycles. The van der Waals surface area contributed by atoms with E-state index < -0.39 is 18.2 Å². The number of carbonyl (C=O) groups excluding carboxylic acids is 1. The van der Waals surface area contributed by atoms with Crippen molar-refractivity contribution >= 4 is 11.9 Å². The molecule has 1 amide bonds. The van der Waals surface area contributed by atoms with E-state index in [-0.39, 0.29) is 31.7 Å². The van der Waals surface area contributed by atoms with Crippen LogP contribution in [0.5, 0.6) is 0 Å². The average molecular weight is 346 g/mol. The Labute approximate surface area is 144 Å². The summed E-state index contributed by atoms with van der Waals surface area (Å²) in [5, 5.41) is 8.87. The number of oxazole rings is 1. The molecule has 1 unspecified atom stereocenters. The topological polar surface area (TPSA) is 83.6 Å². The van der Waals surface area contributed by atoms with Crippen LogP contribution in [0.25, 0.3) is 11.3 Å². The summed E-state index contributed by atoms with van der Waals surface area (Å²) in [6.45, 7) is 1.71. The Morgan fingerprint density at radius 3 is 2.72 bits per heavy atom. The van der Waals surface area contributed by atoms with Crippen LogP contribution in [0.3, 0.4) is 0 Å². The molecule has 0 aliphatic carbocycles. The fourth-order valence-electron chi connectivity index (χ4n) is 2.81. The van der Waals surface area contributed by atoms with Gasteiger partial charge in [0, 0.05) is 31.4 Å². The maximum absolute atomic E-state index is 14.0. The molecular formula is C18H19FN2O4. The first kappa shape index (κ1) is 17.1. The van der Waals surface area contributed by atoms with Crippen molar-refractivity contribution in [2.24, 2.45) is 0 Å². The van der Waals surface area contributed by atoms with Crippen LogP contribution in [0.2, 0.25) is 0 Å². The number of halogens is 1. The summed E-state index contributed by atoms with van der Waals surface area (Å²) in [6.07, 6.45) is 1.82. The number of alkyl halides is 1. The van der Waals surface area contributed by atoms with Gasteiger partial charge in [-0.15, -0.1) is 0 Å². The maximum Gasteiger partial charge on any atom is 0.343 e. The van der Waals surface area contributed by atoms with Crippen LogP contribution in [-0.2, 0) is 16.0 Å². The molecule has 1 saturated heterocycles. The second-order valence-corrected chi connectivity index (χ2v) is 6.32. The number of hydrogen-bond donors (Lipinski definition) is 1. The second-order valence-electron chi connectivity index (χ2n) is 6.32. The van der Waals surface area contributed by atoms with Crippen LogP contribution in [0.15, 0.2) is 34.9 Å². The zero-order chi connectivity index (χ0) is 18.0. The third kappa shape index (κ3) is 3.70. The van der Waals surface area contributed by atoms with Gasteiger partial charge in [-0.25, -0.2) is 14.2 Å². The van der Waals surface area contributed by atoms with E-state index in [4.69, 9.17) is 9.52 Å². The predicted molar refractivity (Wildman–Crippen MR) is 87.7 cm³/mol. The summed E-state index contributed by atoms with van der Waals surface area (Å²) in [4.78, 5) is 28.4. The summed E-state index contributed by atoms with van der Waals surface area (Å²) in [6, 6.07) is 7.81. The number of nitrogens with zero attached hydrogens (tertiary/aromatic N) is 2. The third-order valence-electron chi connectivity index (χ3n) is 4.40. The molecule has 1 aliphatic heterocycles. The molecule has 25 heavy (non-hydrogen) atoms. The van der Waals surface area contributed by atoms with Gasteiger partial charge in [0.1, 0.15) is 0 Å². The Morgan fingerprint density at radius 2 is 2.08 bits per heavy atom. The molecule has 0 saturated carbocycles. The third-order valence-corrected chi connectivity index (χ3v) is 4.40. The molecule has 1 N–H and O–H groups in total. The largest absolute Gasteiger partial charge is 0.479 e. The van der Waals surface area contributed by atoms with Crippen molar-refractivity contribution in [3.8, 4) is 11.3 Å². The number of aromatic nitrogens is 1. The number of rotatable bonds is 5. The van der Waals surface area contributed by atoms with Crippen molar-refractivity contribution in [3.05, 3.63) is 41.9 Å². The van der Waals surface area contributed by atoms with E-state index in [1.165, 1.54) is 4.90 Å². The molecule has 7 heteroatoms. The first-order chi connectivity index (χ1) is 11.9. The highest BCUT2D eigenvalue weighted by Crippen LogP contribution is 2.27. The molecule has 1 atom stereocenters. The summed E-state index contributed by atoms with van der Waals surface area (Å²) in [5.41, 5.74) is -0.291. The normalized spacial score (nSPS) is 20.0. The van der Waals surface area contributed by atoms with Crippen molar-refractivity contribution in [1.29, 1.82) is 0 Å². The zero-order valence-electron chi connectivity index (χ0n) is 13.9. The summed E-state index contributed by atoms with van der Waals surface area (Å²) in [7, 11) is 0. The van der Waals surface area contributed by atoms with Crippen molar-refractivity contribution in [2.45, 2.75) is 31.9 Å². The van der Waals surface area contributed by atoms with Gasteiger partial charge in [-0.3, -0.25) is 4.79 Å². The quantitative estimate of drug-likeness (QED) is 0.900. The highest BCUT2D eigenvalue weighted by molar-refractivity contribution is 5.82. The van der Waals surface area contributed by atoms with Crippen molar-refractivity contribution in [1.82, 2.24) is 9.88 Å². The number of aryl methyl sites for hydroxylation is 2. The van der Waals surface area contributed by atoms with Crippen LogP contribution in [0.1, 0.15) is 24.3 Å². The number of carbonyl (C=O) groups is 2. The van der Waals surface area contributed by atoms with Crippen molar-refractivity contribution in [3.63, 3.8) is 0 Å². The SMILES string of the molecule is Cc1ccc(-c2cnc(CCC(=O)N3CCC(F)(C(=O)O)C3)o2)cc1. The van der Waals surface area contributed by atoms with Gasteiger partial charge in [0.25, 0.3) is 0 Å². The molecular weight excluding hydrogens is 327 g/mol. The van der Waals surface area contributed by atoms with Gasteiger partial charge >= 0.3 is 5.97 Å². The summed E-state index contributed by atoms with van der Waals surface area (Å²) in [5.74, 6) is -0.765. The number of aliphatic carboxylic acids is 1. The van der Waals surface area contributed by atoms with Gasteiger partial charge in [0.2, 0.25) is 11.6 Å². The molecule has 0 bridgehead atoms. The molecule has 1 fully saturated rings. The number of benzene rings is 1. The van der Waals surface area contributed by atoms with E-state index in [9.17, 15) is 14.0 Å². The Morgan fingerprint density at radius 1 is 1.36 bits per heavy atom. The lowest BCUT2D eigenvalue weighted by Gasteiger charge is -2.17. The zero-order valence-corrected chi connectivity index (χ0v) is 13.9. The molecule has 3 rings (SSSR count). The van der Waals surface area contributed by atoms with Crippen molar-refractivity contribution in [2.75, 3.05) is 13.1 Å². The first-order valence-corrected chi connectivity index (χ1v) is 8.09. The van der Waals surface area contributed by atoms with Gasteiger partial charge in [0.15, 0.2) is 11.7 Å². The van der Waals surface area contributed by atoms with E-state index in [1.807, 2.05) is 31.2 Å². The van der Waals surface area contributed by atoms with Crippen LogP contribution in [0.4, 0.5) is 4.39 Å². The summed E-state index contributed by atoms with van der Waals surface area (Å²) >= 11 is 0. The molecule has 2 aromatic rings. The first-order valence-electron chi connectivity index (χ1n) is 8.09. The molecule has 1 aromatic heterocycles. The highest BCUT2D eigenvalue weighted by atomic mass is 19.1. The molecule has 6 nitrogen and oxygen atoms in total. The average Bonchev–Trinajstić information content (AvgIpc) is 3.21. The lowest BCUT2D eigenvalue weighted by Crippen LogP contribution is -2.38. The number of likely N-dealkylation sites (tertiary alicyclic amines) is 1. The van der Waals surface area contributed by atoms with Gasteiger partial charge in [0.05, 0.1) is 12.7 Å². The molecule has 1 aliphatic rings. The molecule has 132 valence electrons. The molecule has 1 aromatic carbocycles. The van der Waals surface area contributed by atoms with Gasteiger partial charge in [-0.2, -0.15) is 0 Å². The van der Waals surface area contributed by atoms with Gasteiger partial charge < -0.3 is 14.4 Å². The highest BCUT2D eigenvalue weighted by Gasteiger charge is 2.46. The minimum absolute atomic E-state index is 0.101. The fraction of sp³-hybridized carbons (Fsp3) is 0.389. The van der Waals surface area contributed by atoms with Crippen molar-refractivity contribution < 1.29 is 23.5 Å². The number of hydrogen-bond acceptors (Lipinski definition) is 4. The van der Waals surface area contributed by atoms with Crippen LogP contribution in [-0.4, -0.2) is 45.6 Å². The Balaban J connectivity index is 1.57. The smallest absolute Gasteiger partial charge is 0.343 e. The standard InChI is InChI=1S/C18H19FN2O4/c1-12-2-4-13(5-3-12)14-10-20-15(25-14)6-7-16(22)21-9-8-18(19,11-21)17(23)24/h2-5,10H,6-9,11H2,1H3,(H,23,24). The van der Waals surface area contributed by atoms with E-state index in [1.54, 1.807) is 6.20 Å². The molecule has 0 spiro atoms. The predicted octanol–water partition coefficient (Wildman–Crippen LogP) is 2.61. The second kappa shape index (κ2) is 6.66. The van der Waals surface area contributed by atoms with E-state index in [0.29, 0.717) is 11.7 Å². The minimum Gasteiger partial charge on any atom is -0.479 e. The minimum atomic E-state index is -2.34. The van der Waals surface area contributed by atoms with Gasteiger partial charge in [-0.1, -0.05) is 29.8 Å². The fourth-order valence-corrected chi connectivity index (χ4v) is 2.81. The van der Waals surface area contributed by atoms with E-state index in [0.717, 1.165) is 11.1 Å². The van der Waals surface area contributed by atoms with Crippen LogP contribution < -0.4 is 0 Å². The number of amides is 1. The van der Waals surface area contributed by atoms with Gasteiger partial charge in [-0.05, 0) is 6.92 Å². The Bertz CT molecular complexity index is 787. The monoisotopic (exact) mass is 346 g/mol. The Kier molecular flexibility index (Phi) is 4.57. The molecule has 0 radical (unpaired) electrons. The lowest BCUT2D eigenvalue weighted by atomic mass is 10.1. The Hall–Kier alpha value is -2.70. The van der Waals surface area contributed by atoms with E-state index in [2.05, 4.69) is 4.98 Å².